The van der Waals surface area contributed by atoms with Crippen molar-refractivity contribution in [3.8, 4) is 0 Å². The van der Waals surface area contributed by atoms with Crippen LogP contribution in [0.5, 0.6) is 0 Å². The minimum Gasteiger partial charge on any atom is -0.306 e. The second-order valence-corrected chi connectivity index (χ2v) is 7.76. The van der Waals surface area contributed by atoms with Gasteiger partial charge in [0.15, 0.2) is 10.5 Å². The van der Waals surface area contributed by atoms with Crippen LogP contribution in [-0.2, 0) is 0 Å². The Labute approximate surface area is 137 Å². The fraction of sp³-hybridized carbons (Fsp3) is 0.333. The summed E-state index contributed by atoms with van der Waals surface area (Å²) in [6.07, 6.45) is -0.769. The van der Waals surface area contributed by atoms with Gasteiger partial charge in [-0.25, -0.2) is 10.6 Å². The van der Waals surface area contributed by atoms with Gasteiger partial charge in [0.05, 0.1) is 4.75 Å². The lowest BCUT2D eigenvalue weighted by Crippen LogP contribution is -2.57. The summed E-state index contributed by atoms with van der Waals surface area (Å²) in [7, 11) is 0. The summed E-state index contributed by atoms with van der Waals surface area (Å²) < 4.78 is -0.119. The van der Waals surface area contributed by atoms with Gasteiger partial charge in [-0.1, -0.05) is 41.6 Å². The summed E-state index contributed by atoms with van der Waals surface area (Å²) in [5.41, 5.74) is 0.473. The second-order valence-electron chi connectivity index (χ2n) is 5.04. The molecule has 2 rings (SSSR count). The highest BCUT2D eigenvalue weighted by Crippen LogP contribution is 2.40. The average Bonchev–Trinajstić information content (AvgIpc) is 2.57. The number of hydrogen-bond acceptors (Lipinski definition) is 5. The molecule has 1 aliphatic heterocycles. The number of carbonyl (C=O) groups excluding carboxylic acids is 1. The molecule has 0 radical (unpaired) electrons. The number of hydrogen-bond donors (Lipinski definition) is 3. The normalized spacial score (nSPS) is 20.5. The molecule has 0 aliphatic carbocycles. The van der Waals surface area contributed by atoms with Crippen molar-refractivity contribution in [2.24, 2.45) is 5.84 Å². The molecule has 1 atom stereocenters. The van der Waals surface area contributed by atoms with E-state index in [0.29, 0.717) is 20.1 Å². The van der Waals surface area contributed by atoms with Crippen molar-refractivity contribution in [2.45, 2.75) is 24.8 Å². The molecule has 1 fully saturated rings. The average molecular weight is 347 g/mol. The lowest BCUT2D eigenvalue weighted by atomic mass is 10.1. The first-order valence-corrected chi connectivity index (χ1v) is 7.64. The summed E-state index contributed by atoms with van der Waals surface area (Å²) in [5.74, 6) is 5.82. The number of anilines is 1. The number of rotatable bonds is 2. The molecule has 0 saturated carbocycles. The zero-order valence-electron chi connectivity index (χ0n) is 11.4. The Morgan fingerprint density at radius 2 is 2.29 bits per heavy atom. The highest BCUT2D eigenvalue weighted by molar-refractivity contribution is 8.24. The predicted molar refractivity (Wildman–Crippen MR) is 88.2 cm³/mol. The third-order valence-electron chi connectivity index (χ3n) is 2.96. The number of nitrogens with two attached hydrogens (primary N) is 1. The summed E-state index contributed by atoms with van der Waals surface area (Å²) in [4.78, 5) is 12.1. The van der Waals surface area contributed by atoms with Crippen LogP contribution in [-0.4, -0.2) is 36.5 Å². The van der Waals surface area contributed by atoms with E-state index in [-0.39, 0.29) is 0 Å². The highest BCUT2D eigenvalue weighted by atomic mass is 35.5. The molecule has 4 N–H and O–H groups in total. The summed E-state index contributed by atoms with van der Waals surface area (Å²) in [6, 6.07) is 5.91. The number of nitrogens with one attached hydrogen (secondary N) is 1. The number of halogens is 1. The Morgan fingerprint density at radius 3 is 2.81 bits per heavy atom. The molecule has 9 heteroatoms. The minimum atomic E-state index is -0.769. The first-order valence-electron chi connectivity index (χ1n) is 6.04. The van der Waals surface area contributed by atoms with Crippen molar-refractivity contribution >= 4 is 51.6 Å². The van der Waals surface area contributed by atoms with Crippen LogP contribution in [0, 0.1) is 0 Å². The van der Waals surface area contributed by atoms with Gasteiger partial charge in [-0.05, 0) is 32.0 Å². The molecule has 114 valence electrons. The quantitative estimate of drug-likeness (QED) is 0.330. The van der Waals surface area contributed by atoms with Gasteiger partial charge < -0.3 is 5.32 Å². The number of carbonyl (C=O) groups is 1. The van der Waals surface area contributed by atoms with Gasteiger partial charge >= 0.3 is 6.03 Å². The maximum Gasteiger partial charge on any atom is 0.347 e. The topological polar surface area (TPSA) is 81.8 Å². The number of urea groups is 1. The molecule has 6 nitrogen and oxygen atoms in total. The maximum atomic E-state index is 12.1. The molecule has 1 aliphatic rings. The summed E-state index contributed by atoms with van der Waals surface area (Å²) in [6.45, 7) is 3.69. The third-order valence-corrected chi connectivity index (χ3v) is 4.78. The van der Waals surface area contributed by atoms with Crippen molar-refractivity contribution in [2.75, 3.05) is 5.32 Å². The Balaban J connectivity index is 2.14. The van der Waals surface area contributed by atoms with E-state index in [2.05, 4.69) is 5.32 Å². The van der Waals surface area contributed by atoms with E-state index in [1.165, 1.54) is 16.8 Å². The number of thioether (sulfide) groups is 1. The molecule has 1 heterocycles. The van der Waals surface area contributed by atoms with Crippen LogP contribution in [0.2, 0.25) is 5.02 Å². The van der Waals surface area contributed by atoms with Crippen LogP contribution < -0.4 is 11.2 Å². The van der Waals surface area contributed by atoms with Crippen molar-refractivity contribution < 1.29 is 10.0 Å². The summed E-state index contributed by atoms with van der Waals surface area (Å²) in [5, 5.41) is 15.0. The molecule has 0 spiro atoms. The van der Waals surface area contributed by atoms with Crippen LogP contribution in [0.15, 0.2) is 24.3 Å². The molecule has 1 saturated heterocycles. The van der Waals surface area contributed by atoms with E-state index < -0.39 is 16.9 Å². The zero-order valence-corrected chi connectivity index (χ0v) is 13.8. The molecule has 0 bridgehead atoms. The molecule has 21 heavy (non-hydrogen) atoms. The molecule has 1 aromatic carbocycles. The molecule has 2 amide bonds. The van der Waals surface area contributed by atoms with Crippen molar-refractivity contribution in [3.05, 3.63) is 29.3 Å². The van der Waals surface area contributed by atoms with Crippen molar-refractivity contribution in [1.29, 1.82) is 0 Å². The lowest BCUT2D eigenvalue weighted by molar-refractivity contribution is -0.114. The van der Waals surface area contributed by atoms with Crippen LogP contribution in [0.4, 0.5) is 10.5 Å². The van der Waals surface area contributed by atoms with E-state index in [0.717, 1.165) is 0 Å². The number of benzene rings is 1. The SMILES string of the molecule is CC1(C)SC(=S)N(N)[C@H]1N(O)C(=O)Nc1cccc(Cl)c1. The number of hydrazine groups is 1. The van der Waals surface area contributed by atoms with Gasteiger partial charge in [-0.2, -0.15) is 5.06 Å². The number of hydroxylamine groups is 2. The number of amides is 2. The summed E-state index contributed by atoms with van der Waals surface area (Å²) >= 11 is 12.3. The van der Waals surface area contributed by atoms with Crippen molar-refractivity contribution in [3.63, 3.8) is 0 Å². The second kappa shape index (κ2) is 5.98. The molecule has 0 unspecified atom stereocenters. The minimum absolute atomic E-state index is 0.416. The molecular weight excluding hydrogens is 332 g/mol. The van der Waals surface area contributed by atoms with Gasteiger partial charge in [0, 0.05) is 10.7 Å². The van der Waals surface area contributed by atoms with Gasteiger partial charge in [0.1, 0.15) is 0 Å². The number of nitrogens with zero attached hydrogens (tertiary/aromatic N) is 2. The van der Waals surface area contributed by atoms with Crippen LogP contribution >= 0.6 is 35.6 Å². The van der Waals surface area contributed by atoms with E-state index in [4.69, 9.17) is 29.7 Å². The molecule has 1 aromatic rings. The fourth-order valence-corrected chi connectivity index (χ4v) is 3.94. The predicted octanol–water partition coefficient (Wildman–Crippen LogP) is 2.88. The Hall–Kier alpha value is -1.06. The van der Waals surface area contributed by atoms with Gasteiger partial charge in [0.2, 0.25) is 0 Å². The smallest absolute Gasteiger partial charge is 0.306 e. The first kappa shape index (κ1) is 16.3. The molecule has 0 aromatic heterocycles. The maximum absolute atomic E-state index is 12.1. The van der Waals surface area contributed by atoms with Gasteiger partial charge in [-0.15, -0.1) is 0 Å². The Morgan fingerprint density at radius 1 is 1.62 bits per heavy atom. The van der Waals surface area contributed by atoms with E-state index >= 15 is 0 Å². The fourth-order valence-electron chi connectivity index (χ4n) is 2.04. The van der Waals surface area contributed by atoms with E-state index in [1.807, 2.05) is 13.8 Å². The number of thiocarbonyl (C=S) groups is 1. The Bertz CT molecular complexity index is 584. The van der Waals surface area contributed by atoms with E-state index in [9.17, 15) is 10.0 Å². The van der Waals surface area contributed by atoms with Crippen LogP contribution in [0.1, 0.15) is 13.8 Å². The van der Waals surface area contributed by atoms with Crippen molar-refractivity contribution in [1.82, 2.24) is 10.1 Å². The van der Waals surface area contributed by atoms with Crippen LogP contribution in [0.25, 0.3) is 0 Å². The third kappa shape index (κ3) is 3.41. The largest absolute Gasteiger partial charge is 0.347 e. The Kier molecular flexibility index (Phi) is 4.64. The lowest BCUT2D eigenvalue weighted by Gasteiger charge is -2.34. The van der Waals surface area contributed by atoms with Crippen LogP contribution in [0.3, 0.4) is 0 Å². The first-order chi connectivity index (χ1) is 9.72. The highest BCUT2D eigenvalue weighted by Gasteiger charge is 2.48. The monoisotopic (exact) mass is 346 g/mol. The standard InChI is InChI=1S/C12H15ClN4O2S2/c1-12(2)9(16(14)11(20)21-12)17(19)10(18)15-8-5-3-4-7(13)6-8/h3-6,9,19H,14H2,1-2H3,(H,15,18)/t9-/m0/s1. The molecular formula is C12H15ClN4O2S2. The zero-order chi connectivity index (χ0) is 15.8. The van der Waals surface area contributed by atoms with Gasteiger partial charge in [-0.3, -0.25) is 10.2 Å². The van der Waals surface area contributed by atoms with Gasteiger partial charge in [0.25, 0.3) is 0 Å². The van der Waals surface area contributed by atoms with E-state index in [1.54, 1.807) is 24.3 Å².